The third-order valence-electron chi connectivity index (χ3n) is 10.7. The van der Waals surface area contributed by atoms with Gasteiger partial charge in [0, 0.05) is 60.8 Å². The van der Waals surface area contributed by atoms with E-state index in [9.17, 15) is 9.50 Å². The third-order valence-corrected chi connectivity index (χ3v) is 10.7. The molecule has 4 aliphatic rings. The number of rotatable bonds is 6. The molecular weight excluding hydrogens is 594 g/mol. The van der Waals surface area contributed by atoms with Crippen molar-refractivity contribution in [3.8, 4) is 23.0 Å². The van der Waals surface area contributed by atoms with E-state index in [0.29, 0.717) is 49.1 Å². The highest BCUT2D eigenvalue weighted by molar-refractivity contribution is 6.42. The van der Waals surface area contributed by atoms with Gasteiger partial charge in [-0.25, -0.2) is 8.78 Å². The maximum Gasteiger partial charge on any atom is 0.318 e. The molecular formula is C33H32B4F2N6O2. The zero-order valence-electron chi connectivity index (χ0n) is 26.2. The van der Waals surface area contributed by atoms with Crippen LogP contribution in [0.4, 0.5) is 14.6 Å². The molecule has 4 fully saturated rings. The van der Waals surface area contributed by atoms with Gasteiger partial charge in [-0.2, -0.15) is 9.97 Å². The molecule has 4 aliphatic heterocycles. The minimum absolute atomic E-state index is 0.0132. The number of anilines is 1. The maximum atomic E-state index is 17.0. The lowest BCUT2D eigenvalue weighted by Crippen LogP contribution is -2.66. The van der Waals surface area contributed by atoms with Crippen molar-refractivity contribution in [3.05, 3.63) is 47.9 Å². The van der Waals surface area contributed by atoms with E-state index >= 15 is 4.39 Å². The summed E-state index contributed by atoms with van der Waals surface area (Å²) in [6, 6.07) is 9.18. The quantitative estimate of drug-likeness (QED) is 0.316. The minimum atomic E-state index is -2.02. The van der Waals surface area contributed by atoms with E-state index in [1.807, 2.05) is 25.1 Å². The summed E-state index contributed by atoms with van der Waals surface area (Å²) in [6.07, 6.45) is 3.62. The van der Waals surface area contributed by atoms with E-state index in [2.05, 4.69) is 20.2 Å². The van der Waals surface area contributed by atoms with Crippen LogP contribution in [-0.4, -0.2) is 111 Å². The third kappa shape index (κ3) is 4.84. The molecule has 0 amide bonds. The molecule has 8 radical (unpaired) electrons. The Hall–Kier alpha value is -3.37. The number of aromatic nitrogens is 3. The van der Waals surface area contributed by atoms with Crippen LogP contribution in [0, 0.1) is 5.82 Å². The van der Waals surface area contributed by atoms with Gasteiger partial charge in [-0.1, -0.05) is 30.5 Å². The molecule has 47 heavy (non-hydrogen) atoms. The molecule has 8 rings (SSSR count). The Morgan fingerprint density at radius 3 is 2.62 bits per heavy atom. The molecule has 0 spiro atoms. The van der Waals surface area contributed by atoms with Crippen LogP contribution in [0.5, 0.6) is 11.8 Å². The Morgan fingerprint density at radius 2 is 1.87 bits per heavy atom. The van der Waals surface area contributed by atoms with Crippen LogP contribution in [0.3, 0.4) is 0 Å². The van der Waals surface area contributed by atoms with Crippen molar-refractivity contribution in [1.82, 2.24) is 25.2 Å². The van der Waals surface area contributed by atoms with Crippen molar-refractivity contribution in [1.29, 1.82) is 0 Å². The van der Waals surface area contributed by atoms with Crippen molar-refractivity contribution >= 4 is 58.9 Å². The molecule has 2 aromatic heterocycles. The van der Waals surface area contributed by atoms with Gasteiger partial charge in [0.25, 0.3) is 0 Å². The van der Waals surface area contributed by atoms with Crippen LogP contribution < -0.4 is 15.0 Å². The molecule has 2 N–H and O–H groups in total. The van der Waals surface area contributed by atoms with Gasteiger partial charge in [0.2, 0.25) is 0 Å². The Morgan fingerprint density at radius 1 is 1.11 bits per heavy atom. The molecule has 6 heterocycles. The van der Waals surface area contributed by atoms with Gasteiger partial charge in [-0.05, 0) is 60.6 Å². The monoisotopic (exact) mass is 626 g/mol. The molecule has 2 bridgehead atoms. The number of alkyl halides is 1. The SMILES string of the molecule is [B]C1([B])CCC2(C([B])([B])Oc3nc(N4CC5CCC(C4)N5)c4cnc(-c5cc(O)cc6cccc(CC)c56)c(F)c4n3)C[C@@H](F)CN12. The number of nitrogens with zero attached hydrogens (tertiary/aromatic N) is 5. The Bertz CT molecular complexity index is 1900. The van der Waals surface area contributed by atoms with Crippen LogP contribution in [0.15, 0.2) is 36.5 Å². The number of hydrogen-bond acceptors (Lipinski definition) is 8. The summed E-state index contributed by atoms with van der Waals surface area (Å²) in [4.78, 5) is 17.6. The molecule has 14 heteroatoms. The average Bonchev–Trinajstić information content (AvgIpc) is 3.65. The Balaban J connectivity index is 1.29. The van der Waals surface area contributed by atoms with Crippen molar-refractivity contribution in [2.75, 3.05) is 24.5 Å². The smallest absolute Gasteiger partial charge is 0.318 e. The number of fused-ring (bicyclic) bond motifs is 5. The van der Waals surface area contributed by atoms with Crippen LogP contribution in [0.25, 0.3) is 32.9 Å². The van der Waals surface area contributed by atoms with Crippen molar-refractivity contribution < 1.29 is 18.6 Å². The van der Waals surface area contributed by atoms with Gasteiger partial charge < -0.3 is 25.0 Å². The van der Waals surface area contributed by atoms with Crippen LogP contribution in [0.2, 0.25) is 0 Å². The Kier molecular flexibility index (Phi) is 7.12. The number of benzene rings is 2. The average molecular weight is 626 g/mol. The number of nitrogens with one attached hydrogen (secondary N) is 1. The number of phenols is 1. The molecule has 3 unspecified atom stereocenters. The lowest BCUT2D eigenvalue weighted by molar-refractivity contribution is 0.0395. The molecule has 8 nitrogen and oxygen atoms in total. The highest BCUT2D eigenvalue weighted by atomic mass is 19.1. The lowest BCUT2D eigenvalue weighted by atomic mass is 9.52. The van der Waals surface area contributed by atoms with Crippen LogP contribution in [0.1, 0.15) is 44.6 Å². The van der Waals surface area contributed by atoms with Gasteiger partial charge in [-0.3, -0.25) is 4.98 Å². The molecule has 4 aromatic rings. The molecule has 0 aliphatic carbocycles. The van der Waals surface area contributed by atoms with E-state index in [1.165, 1.54) is 6.07 Å². The molecule has 2 aromatic carbocycles. The largest absolute Gasteiger partial charge is 0.508 e. The fraction of sp³-hybridized carbons (Fsp3) is 0.485. The molecule has 232 valence electrons. The zero-order chi connectivity index (χ0) is 32.9. The lowest BCUT2D eigenvalue weighted by Gasteiger charge is -2.49. The van der Waals surface area contributed by atoms with E-state index in [-0.39, 0.29) is 48.0 Å². The number of halogens is 2. The summed E-state index contributed by atoms with van der Waals surface area (Å²) in [5, 5.41) is 12.8. The first-order valence-electron chi connectivity index (χ1n) is 16.3. The summed E-state index contributed by atoms with van der Waals surface area (Å²) < 4.78 is 38.1. The molecule has 4 saturated heterocycles. The van der Waals surface area contributed by atoms with E-state index < -0.39 is 28.3 Å². The molecule has 0 saturated carbocycles. The number of aromatic hydroxyl groups is 1. The maximum absolute atomic E-state index is 17.0. The number of phenolic OH excluding ortho intramolecular Hbond substituents is 1. The fourth-order valence-electron chi connectivity index (χ4n) is 8.51. The van der Waals surface area contributed by atoms with Crippen molar-refractivity contribution in [2.24, 2.45) is 0 Å². The van der Waals surface area contributed by atoms with E-state index in [1.54, 1.807) is 17.2 Å². The summed E-state index contributed by atoms with van der Waals surface area (Å²) in [5.74, 6) is -0.282. The van der Waals surface area contributed by atoms with Gasteiger partial charge in [0.15, 0.2) is 5.82 Å². The standard InChI is InChI=1S/C33H32B4F2N6O2/c1-2-17-4-3-5-18-10-22(46)11-23(25(17)18)27-26(39)28-24(13-40-27)29(44-15-20-6-7-21(16-44)41-20)43-30(42-28)47-33(36,37)31-8-9-32(34,35)45(31)14-19(38)12-31/h3-5,10-11,13,19-21,41,46H,2,6-9,12,14-16H2,1H3/t19-,20?,21?,31?/m1/s1. The summed E-state index contributed by atoms with van der Waals surface area (Å²) >= 11 is 0. The summed E-state index contributed by atoms with van der Waals surface area (Å²) in [7, 11) is 26.1. The van der Waals surface area contributed by atoms with Gasteiger partial charge >= 0.3 is 6.01 Å². The highest BCUT2D eigenvalue weighted by Gasteiger charge is 2.62. The van der Waals surface area contributed by atoms with Gasteiger partial charge in [0.1, 0.15) is 44.6 Å². The predicted molar refractivity (Wildman–Crippen MR) is 181 cm³/mol. The first-order chi connectivity index (χ1) is 22.4. The molecule has 4 atom stereocenters. The zero-order valence-corrected chi connectivity index (χ0v) is 26.2. The van der Waals surface area contributed by atoms with E-state index in [0.717, 1.165) is 29.2 Å². The van der Waals surface area contributed by atoms with Gasteiger partial charge in [0.05, 0.1) is 21.1 Å². The number of ether oxygens (including phenoxy) is 1. The summed E-state index contributed by atoms with van der Waals surface area (Å²) in [5.41, 5.74) is 0.174. The van der Waals surface area contributed by atoms with Gasteiger partial charge in [-0.15, -0.1) is 0 Å². The first-order valence-corrected chi connectivity index (χ1v) is 16.3. The highest BCUT2D eigenvalue weighted by Crippen LogP contribution is 2.51. The second-order valence-corrected chi connectivity index (χ2v) is 13.7. The summed E-state index contributed by atoms with van der Waals surface area (Å²) in [6.45, 7) is 3.26. The Labute approximate surface area is 277 Å². The number of aryl methyl sites for hydroxylation is 1. The second kappa shape index (κ2) is 10.8. The first kappa shape index (κ1) is 30.9. The van der Waals surface area contributed by atoms with Crippen molar-refractivity contribution in [3.63, 3.8) is 0 Å². The minimum Gasteiger partial charge on any atom is -0.508 e. The van der Waals surface area contributed by atoms with Crippen LogP contribution >= 0.6 is 0 Å². The number of pyridine rings is 1. The predicted octanol–water partition coefficient (Wildman–Crippen LogP) is 3.13. The number of piperazine rings is 1. The second-order valence-electron chi connectivity index (χ2n) is 13.7. The fourth-order valence-corrected chi connectivity index (χ4v) is 8.51. The normalized spacial score (nSPS) is 27.1. The van der Waals surface area contributed by atoms with Crippen LogP contribution in [-0.2, 0) is 6.42 Å². The number of hydrogen-bond donors (Lipinski definition) is 2. The topological polar surface area (TPSA) is 86.6 Å². The van der Waals surface area contributed by atoms with Crippen molar-refractivity contribution in [2.45, 2.75) is 80.0 Å². The van der Waals surface area contributed by atoms with E-state index in [4.69, 9.17) is 41.1 Å².